The van der Waals surface area contributed by atoms with E-state index in [1.54, 1.807) is 0 Å². The molecule has 3 saturated heterocycles. The molecule has 4 fully saturated rings. The average Bonchev–Trinajstić information content (AvgIpc) is 3.05. The summed E-state index contributed by atoms with van der Waals surface area (Å²) >= 11 is 6.48. The van der Waals surface area contributed by atoms with Crippen LogP contribution in [0.3, 0.4) is 0 Å². The van der Waals surface area contributed by atoms with Crippen LogP contribution in [0.15, 0.2) is 12.1 Å². The SMILES string of the molecule is Cc1c(CN2CC3CCC(C2)N3C(=O)CC2CCC2)cc(Cl)cc1NC(=O)CC1CCOCC1. The summed E-state index contributed by atoms with van der Waals surface area (Å²) in [6, 6.07) is 4.57. The lowest BCUT2D eigenvalue weighted by atomic mass is 9.82. The zero-order valence-electron chi connectivity index (χ0n) is 20.4. The topological polar surface area (TPSA) is 61.9 Å². The molecule has 3 aliphatic heterocycles. The average molecular weight is 488 g/mol. The molecule has 0 radical (unpaired) electrons. The van der Waals surface area contributed by atoms with Crippen molar-refractivity contribution in [1.82, 2.24) is 9.80 Å². The monoisotopic (exact) mass is 487 g/mol. The van der Waals surface area contributed by atoms with Crippen molar-refractivity contribution >= 4 is 29.1 Å². The molecule has 2 atom stereocenters. The van der Waals surface area contributed by atoms with Gasteiger partial charge in [0.25, 0.3) is 0 Å². The molecule has 34 heavy (non-hydrogen) atoms. The van der Waals surface area contributed by atoms with Crippen LogP contribution in [-0.4, -0.2) is 60.0 Å². The van der Waals surface area contributed by atoms with E-state index in [-0.39, 0.29) is 5.91 Å². The molecule has 0 aromatic heterocycles. The Balaban J connectivity index is 1.20. The molecule has 2 amide bonds. The van der Waals surface area contributed by atoms with Crippen LogP contribution in [0, 0.1) is 18.8 Å². The number of halogens is 1. The van der Waals surface area contributed by atoms with Crippen molar-refractivity contribution in [3.8, 4) is 0 Å². The van der Waals surface area contributed by atoms with Gasteiger partial charge in [-0.25, -0.2) is 0 Å². The van der Waals surface area contributed by atoms with Crippen molar-refractivity contribution in [3.05, 3.63) is 28.3 Å². The molecular weight excluding hydrogens is 450 g/mol. The molecule has 1 aromatic rings. The van der Waals surface area contributed by atoms with Crippen molar-refractivity contribution in [1.29, 1.82) is 0 Å². The number of carbonyl (C=O) groups excluding carboxylic acids is 2. The van der Waals surface area contributed by atoms with Crippen molar-refractivity contribution in [2.24, 2.45) is 11.8 Å². The number of hydrogen-bond donors (Lipinski definition) is 1. The molecule has 5 rings (SSSR count). The van der Waals surface area contributed by atoms with Gasteiger partial charge in [0, 0.05) is 68.5 Å². The van der Waals surface area contributed by atoms with E-state index in [4.69, 9.17) is 16.3 Å². The van der Waals surface area contributed by atoms with Gasteiger partial charge >= 0.3 is 0 Å². The number of carbonyl (C=O) groups is 2. The minimum Gasteiger partial charge on any atom is -0.381 e. The molecule has 1 saturated carbocycles. The van der Waals surface area contributed by atoms with Gasteiger partial charge in [0.1, 0.15) is 0 Å². The largest absolute Gasteiger partial charge is 0.381 e. The van der Waals surface area contributed by atoms with Crippen LogP contribution in [-0.2, 0) is 20.9 Å². The van der Waals surface area contributed by atoms with Gasteiger partial charge in [0.05, 0.1) is 0 Å². The molecule has 6 nitrogen and oxygen atoms in total. The minimum atomic E-state index is 0.0554. The van der Waals surface area contributed by atoms with Crippen molar-refractivity contribution in [2.75, 3.05) is 31.6 Å². The number of piperazine rings is 1. The summed E-state index contributed by atoms with van der Waals surface area (Å²) < 4.78 is 5.41. The second kappa shape index (κ2) is 10.5. The van der Waals surface area contributed by atoms with E-state index in [1.165, 1.54) is 19.3 Å². The van der Waals surface area contributed by atoms with Gasteiger partial charge in [-0.05, 0) is 80.5 Å². The molecule has 1 N–H and O–H groups in total. The van der Waals surface area contributed by atoms with Gasteiger partial charge in [-0.2, -0.15) is 0 Å². The van der Waals surface area contributed by atoms with E-state index in [0.29, 0.717) is 41.3 Å². The maximum absolute atomic E-state index is 13.0. The molecule has 0 spiro atoms. The predicted octanol–water partition coefficient (Wildman–Crippen LogP) is 4.77. The third-order valence-electron chi connectivity index (χ3n) is 8.50. The van der Waals surface area contributed by atoms with Crippen LogP contribution < -0.4 is 5.32 Å². The second-order valence-electron chi connectivity index (χ2n) is 10.9. The van der Waals surface area contributed by atoms with E-state index in [0.717, 1.165) is 81.8 Å². The van der Waals surface area contributed by atoms with Crippen LogP contribution in [0.5, 0.6) is 0 Å². The molecule has 1 aliphatic carbocycles. The van der Waals surface area contributed by atoms with Crippen LogP contribution >= 0.6 is 11.6 Å². The fourth-order valence-electron chi connectivity index (χ4n) is 6.26. The molecule has 7 heteroatoms. The fraction of sp³-hybridized carbons (Fsp3) is 0.704. The smallest absolute Gasteiger partial charge is 0.224 e. The van der Waals surface area contributed by atoms with Gasteiger partial charge in [0.15, 0.2) is 0 Å². The first-order valence-corrected chi connectivity index (χ1v) is 13.5. The number of benzene rings is 1. The Labute approximate surface area is 208 Å². The number of anilines is 1. The number of nitrogens with zero attached hydrogens (tertiary/aromatic N) is 2. The first-order chi connectivity index (χ1) is 16.5. The molecule has 2 unspecified atom stereocenters. The lowest BCUT2D eigenvalue weighted by Gasteiger charge is -2.42. The normalized spacial score (nSPS) is 25.9. The van der Waals surface area contributed by atoms with E-state index >= 15 is 0 Å². The van der Waals surface area contributed by atoms with Gasteiger partial charge in [-0.3, -0.25) is 14.5 Å². The Morgan fingerprint density at radius 2 is 1.68 bits per heavy atom. The van der Waals surface area contributed by atoms with Crippen LogP contribution in [0.1, 0.15) is 68.9 Å². The molecular formula is C27H38ClN3O3. The number of nitrogens with one attached hydrogen (secondary N) is 1. The van der Waals surface area contributed by atoms with Gasteiger partial charge in [-0.15, -0.1) is 0 Å². The first kappa shape index (κ1) is 24.1. The zero-order chi connectivity index (χ0) is 23.7. The Morgan fingerprint density at radius 3 is 2.32 bits per heavy atom. The fourth-order valence-corrected chi connectivity index (χ4v) is 6.50. The van der Waals surface area contributed by atoms with E-state index in [2.05, 4.69) is 22.0 Å². The van der Waals surface area contributed by atoms with Crippen molar-refractivity contribution in [3.63, 3.8) is 0 Å². The maximum Gasteiger partial charge on any atom is 0.224 e. The molecule has 2 bridgehead atoms. The van der Waals surface area contributed by atoms with Crippen molar-refractivity contribution in [2.45, 2.75) is 83.3 Å². The highest BCUT2D eigenvalue weighted by Crippen LogP contribution is 2.36. The molecule has 3 heterocycles. The highest BCUT2D eigenvalue weighted by atomic mass is 35.5. The summed E-state index contributed by atoms with van der Waals surface area (Å²) in [5, 5.41) is 3.77. The molecule has 4 aliphatic rings. The third-order valence-corrected chi connectivity index (χ3v) is 8.72. The Hall–Kier alpha value is -1.63. The summed E-state index contributed by atoms with van der Waals surface area (Å²) in [6.45, 7) is 6.21. The van der Waals surface area contributed by atoms with Crippen LogP contribution in [0.25, 0.3) is 0 Å². The van der Waals surface area contributed by atoms with Gasteiger partial charge in [-0.1, -0.05) is 18.0 Å². The number of hydrogen-bond acceptors (Lipinski definition) is 4. The highest BCUT2D eigenvalue weighted by molar-refractivity contribution is 6.31. The van der Waals surface area contributed by atoms with Gasteiger partial charge < -0.3 is 15.0 Å². The lowest BCUT2D eigenvalue weighted by molar-refractivity contribution is -0.138. The zero-order valence-corrected chi connectivity index (χ0v) is 21.1. The quantitative estimate of drug-likeness (QED) is 0.601. The third kappa shape index (κ3) is 5.44. The standard InChI is InChI=1S/C27H38ClN3O3/c1-18-21(13-22(28)14-25(18)29-26(32)11-20-7-9-34-10-8-20)15-30-16-23-5-6-24(17-30)31(23)27(33)12-19-3-2-4-19/h13-14,19-20,23-24H,2-12,15-17H2,1H3,(H,29,32). The Bertz CT molecular complexity index is 899. The predicted molar refractivity (Wildman–Crippen MR) is 134 cm³/mol. The second-order valence-corrected chi connectivity index (χ2v) is 11.4. The van der Waals surface area contributed by atoms with E-state index < -0.39 is 0 Å². The lowest BCUT2D eigenvalue weighted by Crippen LogP contribution is -2.55. The summed E-state index contributed by atoms with van der Waals surface area (Å²) in [6.07, 6.45) is 9.14. The first-order valence-electron chi connectivity index (χ1n) is 13.2. The molecule has 1 aromatic carbocycles. The summed E-state index contributed by atoms with van der Waals surface area (Å²) in [5.41, 5.74) is 3.06. The highest BCUT2D eigenvalue weighted by Gasteiger charge is 2.43. The van der Waals surface area contributed by atoms with Gasteiger partial charge in [0.2, 0.25) is 11.8 Å². The Morgan fingerprint density at radius 1 is 1.00 bits per heavy atom. The number of fused-ring (bicyclic) bond motifs is 2. The van der Waals surface area contributed by atoms with E-state index in [9.17, 15) is 9.59 Å². The number of amides is 2. The number of ether oxygens (including phenoxy) is 1. The summed E-state index contributed by atoms with van der Waals surface area (Å²) in [4.78, 5) is 30.4. The molecule has 186 valence electrons. The Kier molecular flexibility index (Phi) is 7.47. The number of rotatable bonds is 7. The van der Waals surface area contributed by atoms with E-state index in [1.807, 2.05) is 12.1 Å². The number of likely N-dealkylation sites (tertiary alicyclic amines) is 1. The van der Waals surface area contributed by atoms with Crippen molar-refractivity contribution < 1.29 is 14.3 Å². The maximum atomic E-state index is 13.0. The minimum absolute atomic E-state index is 0.0554. The van der Waals surface area contributed by atoms with Crippen LogP contribution in [0.2, 0.25) is 5.02 Å². The van der Waals surface area contributed by atoms with Crippen LogP contribution in [0.4, 0.5) is 5.69 Å². The summed E-state index contributed by atoms with van der Waals surface area (Å²) in [5.74, 6) is 1.45. The summed E-state index contributed by atoms with van der Waals surface area (Å²) in [7, 11) is 0.